The Morgan fingerprint density at radius 1 is 1.03 bits per heavy atom. The first-order valence-corrected chi connectivity index (χ1v) is 10.4. The SMILES string of the molecule is CCN(Cc1ccc(OC)cc1)Cc1nnc(C(=O)NCc2ccc(C)cc2)s1. The molecule has 0 unspecified atom stereocenters. The Morgan fingerprint density at radius 3 is 2.38 bits per heavy atom. The molecule has 0 bridgehead atoms. The first-order chi connectivity index (χ1) is 14.1. The van der Waals surface area contributed by atoms with E-state index in [0.717, 1.165) is 29.4 Å². The highest BCUT2D eigenvalue weighted by molar-refractivity contribution is 7.13. The maximum atomic E-state index is 12.4. The van der Waals surface area contributed by atoms with E-state index in [9.17, 15) is 4.79 Å². The van der Waals surface area contributed by atoms with Crippen molar-refractivity contribution in [3.05, 3.63) is 75.2 Å². The fourth-order valence-corrected chi connectivity index (χ4v) is 3.63. The Labute approximate surface area is 175 Å². The van der Waals surface area contributed by atoms with Gasteiger partial charge in [0, 0.05) is 13.1 Å². The number of rotatable bonds is 9. The van der Waals surface area contributed by atoms with Crippen LogP contribution in [0.3, 0.4) is 0 Å². The lowest BCUT2D eigenvalue weighted by Crippen LogP contribution is -2.22. The van der Waals surface area contributed by atoms with E-state index in [0.29, 0.717) is 18.1 Å². The molecule has 152 valence electrons. The molecule has 0 aliphatic rings. The van der Waals surface area contributed by atoms with E-state index < -0.39 is 0 Å². The lowest BCUT2D eigenvalue weighted by atomic mass is 10.1. The van der Waals surface area contributed by atoms with Gasteiger partial charge in [0.25, 0.3) is 5.91 Å². The van der Waals surface area contributed by atoms with Crippen molar-refractivity contribution in [2.24, 2.45) is 0 Å². The van der Waals surface area contributed by atoms with Crippen LogP contribution in [0, 0.1) is 6.92 Å². The van der Waals surface area contributed by atoms with Crippen molar-refractivity contribution in [3.8, 4) is 5.75 Å². The van der Waals surface area contributed by atoms with E-state index >= 15 is 0 Å². The van der Waals surface area contributed by atoms with Crippen LogP contribution in [0.4, 0.5) is 0 Å². The van der Waals surface area contributed by atoms with Crippen LogP contribution >= 0.6 is 11.3 Å². The van der Waals surface area contributed by atoms with Gasteiger partial charge in [0.15, 0.2) is 0 Å². The van der Waals surface area contributed by atoms with Crippen LogP contribution in [-0.4, -0.2) is 34.7 Å². The second kappa shape index (κ2) is 10.1. The molecule has 7 heteroatoms. The summed E-state index contributed by atoms with van der Waals surface area (Å²) in [6.07, 6.45) is 0. The molecule has 0 saturated heterocycles. The molecule has 0 saturated carbocycles. The number of amides is 1. The molecule has 1 aromatic heterocycles. The Hall–Kier alpha value is -2.77. The van der Waals surface area contributed by atoms with Crippen LogP contribution in [0.1, 0.15) is 38.4 Å². The summed E-state index contributed by atoms with van der Waals surface area (Å²) in [6.45, 7) is 6.97. The van der Waals surface area contributed by atoms with Gasteiger partial charge in [-0.1, -0.05) is 60.2 Å². The van der Waals surface area contributed by atoms with Crippen LogP contribution < -0.4 is 10.1 Å². The number of aryl methyl sites for hydroxylation is 1. The minimum atomic E-state index is -0.187. The van der Waals surface area contributed by atoms with Gasteiger partial charge in [-0.25, -0.2) is 0 Å². The topological polar surface area (TPSA) is 67.3 Å². The van der Waals surface area contributed by atoms with Gasteiger partial charge in [0.2, 0.25) is 5.01 Å². The van der Waals surface area contributed by atoms with Gasteiger partial charge >= 0.3 is 0 Å². The zero-order valence-electron chi connectivity index (χ0n) is 17.0. The lowest BCUT2D eigenvalue weighted by Gasteiger charge is -2.18. The predicted molar refractivity (Wildman–Crippen MR) is 115 cm³/mol. The third kappa shape index (κ3) is 6.10. The molecule has 0 aliphatic carbocycles. The zero-order chi connectivity index (χ0) is 20.6. The summed E-state index contributed by atoms with van der Waals surface area (Å²) in [5.74, 6) is 0.662. The van der Waals surface area contributed by atoms with E-state index in [-0.39, 0.29) is 5.91 Å². The summed E-state index contributed by atoms with van der Waals surface area (Å²) in [5, 5.41) is 12.4. The first-order valence-electron chi connectivity index (χ1n) is 9.58. The Balaban J connectivity index is 1.54. The highest BCUT2D eigenvalue weighted by atomic mass is 32.1. The minimum absolute atomic E-state index is 0.187. The van der Waals surface area contributed by atoms with Crippen LogP contribution in [-0.2, 0) is 19.6 Å². The van der Waals surface area contributed by atoms with Crippen molar-refractivity contribution in [2.75, 3.05) is 13.7 Å². The highest BCUT2D eigenvalue weighted by Crippen LogP contribution is 2.17. The van der Waals surface area contributed by atoms with Gasteiger partial charge in [-0.3, -0.25) is 9.69 Å². The number of methoxy groups -OCH3 is 1. The van der Waals surface area contributed by atoms with Gasteiger partial charge in [-0.2, -0.15) is 0 Å². The number of benzene rings is 2. The second-order valence-corrected chi connectivity index (χ2v) is 7.88. The third-order valence-electron chi connectivity index (χ3n) is 4.61. The molecule has 6 nitrogen and oxygen atoms in total. The standard InChI is InChI=1S/C22H26N4O2S/c1-4-26(14-18-9-11-19(28-3)12-10-18)15-20-24-25-22(29-20)21(27)23-13-17-7-5-16(2)6-8-17/h5-12H,4,13-15H2,1-3H3,(H,23,27). The monoisotopic (exact) mass is 410 g/mol. The van der Waals surface area contributed by atoms with Crippen LogP contribution in [0.25, 0.3) is 0 Å². The van der Waals surface area contributed by atoms with E-state index in [2.05, 4.69) is 39.5 Å². The molecule has 1 heterocycles. The largest absolute Gasteiger partial charge is 0.497 e. The van der Waals surface area contributed by atoms with Gasteiger partial charge in [-0.05, 0) is 36.7 Å². The van der Waals surface area contributed by atoms with Crippen molar-refractivity contribution >= 4 is 17.2 Å². The molecule has 3 aromatic rings. The number of ether oxygens (including phenoxy) is 1. The number of carbonyl (C=O) groups excluding carboxylic acids is 1. The number of hydrogen-bond donors (Lipinski definition) is 1. The Kier molecular flexibility index (Phi) is 7.32. The smallest absolute Gasteiger partial charge is 0.282 e. The number of aromatic nitrogens is 2. The quantitative estimate of drug-likeness (QED) is 0.581. The summed E-state index contributed by atoms with van der Waals surface area (Å²) in [6, 6.07) is 16.1. The maximum absolute atomic E-state index is 12.4. The normalized spacial score (nSPS) is 10.9. The fourth-order valence-electron chi connectivity index (χ4n) is 2.83. The summed E-state index contributed by atoms with van der Waals surface area (Å²) < 4.78 is 5.21. The molecule has 0 spiro atoms. The molecule has 0 atom stereocenters. The van der Waals surface area contributed by atoms with Crippen molar-refractivity contribution in [1.82, 2.24) is 20.4 Å². The maximum Gasteiger partial charge on any atom is 0.282 e. The number of hydrogen-bond acceptors (Lipinski definition) is 6. The van der Waals surface area contributed by atoms with E-state index in [1.54, 1.807) is 7.11 Å². The van der Waals surface area contributed by atoms with E-state index in [1.807, 2.05) is 43.3 Å². The van der Waals surface area contributed by atoms with Crippen molar-refractivity contribution in [3.63, 3.8) is 0 Å². The van der Waals surface area contributed by atoms with Crippen LogP contribution in [0.5, 0.6) is 5.75 Å². The van der Waals surface area contributed by atoms with Gasteiger partial charge in [0.1, 0.15) is 10.8 Å². The molecular formula is C22H26N4O2S. The number of nitrogens with one attached hydrogen (secondary N) is 1. The summed E-state index contributed by atoms with van der Waals surface area (Å²) in [7, 11) is 1.66. The third-order valence-corrected chi connectivity index (χ3v) is 5.51. The zero-order valence-corrected chi connectivity index (χ0v) is 17.8. The van der Waals surface area contributed by atoms with Gasteiger partial charge in [-0.15, -0.1) is 10.2 Å². The summed E-state index contributed by atoms with van der Waals surface area (Å²) in [5.41, 5.74) is 3.46. The molecule has 3 rings (SSSR count). The Bertz CT molecular complexity index is 923. The summed E-state index contributed by atoms with van der Waals surface area (Å²) >= 11 is 1.34. The first kappa shape index (κ1) is 21.0. The van der Waals surface area contributed by atoms with Crippen LogP contribution in [0.15, 0.2) is 48.5 Å². The molecule has 29 heavy (non-hydrogen) atoms. The van der Waals surface area contributed by atoms with Gasteiger partial charge < -0.3 is 10.1 Å². The van der Waals surface area contributed by atoms with E-state index in [4.69, 9.17) is 4.74 Å². The predicted octanol–water partition coefficient (Wildman–Crippen LogP) is 3.81. The van der Waals surface area contributed by atoms with Crippen molar-refractivity contribution in [1.29, 1.82) is 0 Å². The molecular weight excluding hydrogens is 384 g/mol. The number of nitrogens with zero attached hydrogens (tertiary/aromatic N) is 3. The average molecular weight is 411 g/mol. The Morgan fingerprint density at radius 2 is 1.72 bits per heavy atom. The molecule has 1 N–H and O–H groups in total. The molecule has 1 amide bonds. The molecule has 0 fully saturated rings. The molecule has 0 radical (unpaired) electrons. The molecule has 2 aromatic carbocycles. The van der Waals surface area contributed by atoms with Gasteiger partial charge in [0.05, 0.1) is 13.7 Å². The summed E-state index contributed by atoms with van der Waals surface area (Å²) in [4.78, 5) is 14.6. The van der Waals surface area contributed by atoms with Crippen LogP contribution in [0.2, 0.25) is 0 Å². The van der Waals surface area contributed by atoms with E-state index in [1.165, 1.54) is 22.5 Å². The lowest BCUT2D eigenvalue weighted by molar-refractivity contribution is 0.0950. The van der Waals surface area contributed by atoms with Crippen molar-refractivity contribution in [2.45, 2.75) is 33.5 Å². The molecule has 0 aliphatic heterocycles. The minimum Gasteiger partial charge on any atom is -0.497 e. The van der Waals surface area contributed by atoms with Crippen molar-refractivity contribution < 1.29 is 9.53 Å². The average Bonchev–Trinajstić information content (AvgIpc) is 3.22. The second-order valence-electron chi connectivity index (χ2n) is 6.82. The number of carbonyl (C=O) groups is 1. The highest BCUT2D eigenvalue weighted by Gasteiger charge is 2.15. The fraction of sp³-hybridized carbons (Fsp3) is 0.318.